The Labute approximate surface area is 144 Å². The third-order valence-corrected chi connectivity index (χ3v) is 5.10. The first-order chi connectivity index (χ1) is 11.3. The van der Waals surface area contributed by atoms with E-state index in [1.54, 1.807) is 7.05 Å². The van der Waals surface area contributed by atoms with Crippen LogP contribution in [0.4, 0.5) is 0 Å². The quantitative estimate of drug-likeness (QED) is 0.413. The minimum absolute atomic E-state index is 0.0866. The molecule has 0 aliphatic carbocycles. The number of aromatic nitrogens is 2. The number of nitrogens with zero attached hydrogens (tertiary/aromatic N) is 2. The lowest BCUT2D eigenvalue weighted by Crippen LogP contribution is -2.24. The van der Waals surface area contributed by atoms with Crippen molar-refractivity contribution in [2.75, 3.05) is 5.75 Å². The standard InChI is InChI=1S/C19H20N2O2S/c1-19(2,3)16(22)11-24-18-20-15-10-13-8-6-5-7-12(13)9-14(15)17(23)21(18)4/h5-10H,11H2,1-4H3. The number of benzene rings is 2. The van der Waals surface area contributed by atoms with Crippen molar-refractivity contribution in [2.45, 2.75) is 25.9 Å². The Bertz CT molecular complexity index is 1000. The van der Waals surface area contributed by atoms with E-state index in [9.17, 15) is 9.59 Å². The van der Waals surface area contributed by atoms with Crippen LogP contribution in [-0.4, -0.2) is 21.1 Å². The zero-order chi connectivity index (χ0) is 17.5. The topological polar surface area (TPSA) is 52.0 Å². The summed E-state index contributed by atoms with van der Waals surface area (Å²) < 4.78 is 1.53. The molecule has 5 heteroatoms. The fourth-order valence-electron chi connectivity index (χ4n) is 2.41. The zero-order valence-corrected chi connectivity index (χ0v) is 15.1. The van der Waals surface area contributed by atoms with Gasteiger partial charge in [-0.1, -0.05) is 56.8 Å². The Morgan fingerprint density at radius 3 is 2.42 bits per heavy atom. The average Bonchev–Trinajstić information content (AvgIpc) is 2.54. The number of carbonyl (C=O) groups is 1. The number of thioether (sulfide) groups is 1. The highest BCUT2D eigenvalue weighted by Gasteiger charge is 2.22. The molecule has 0 saturated carbocycles. The molecule has 0 unspecified atom stereocenters. The lowest BCUT2D eigenvalue weighted by Gasteiger charge is -2.16. The molecule has 0 atom stereocenters. The molecule has 1 aromatic heterocycles. The Balaban J connectivity index is 2.06. The Kier molecular flexibility index (Phi) is 4.22. The molecule has 0 N–H and O–H groups in total. The van der Waals surface area contributed by atoms with Crippen LogP contribution in [0, 0.1) is 5.41 Å². The van der Waals surface area contributed by atoms with E-state index in [1.165, 1.54) is 16.3 Å². The molecule has 0 aliphatic heterocycles. The van der Waals surface area contributed by atoms with Gasteiger partial charge >= 0.3 is 0 Å². The van der Waals surface area contributed by atoms with Gasteiger partial charge in [0.15, 0.2) is 5.16 Å². The van der Waals surface area contributed by atoms with Crippen molar-refractivity contribution in [3.63, 3.8) is 0 Å². The van der Waals surface area contributed by atoms with E-state index in [-0.39, 0.29) is 16.8 Å². The summed E-state index contributed by atoms with van der Waals surface area (Å²) in [5, 5.41) is 3.24. The van der Waals surface area contributed by atoms with Gasteiger partial charge < -0.3 is 0 Å². The van der Waals surface area contributed by atoms with Gasteiger partial charge in [0.05, 0.1) is 16.7 Å². The lowest BCUT2D eigenvalue weighted by atomic mass is 9.92. The van der Waals surface area contributed by atoms with Crippen molar-refractivity contribution < 1.29 is 4.79 Å². The van der Waals surface area contributed by atoms with Crippen LogP contribution in [0.2, 0.25) is 0 Å². The molecule has 0 fully saturated rings. The fourth-order valence-corrected chi connectivity index (χ4v) is 3.55. The van der Waals surface area contributed by atoms with Crippen LogP contribution in [0.15, 0.2) is 46.3 Å². The molecular weight excluding hydrogens is 320 g/mol. The van der Waals surface area contributed by atoms with Gasteiger partial charge in [-0.25, -0.2) is 4.98 Å². The van der Waals surface area contributed by atoms with Crippen LogP contribution in [0.25, 0.3) is 21.7 Å². The van der Waals surface area contributed by atoms with Crippen molar-refractivity contribution in [3.8, 4) is 0 Å². The van der Waals surface area contributed by atoms with E-state index in [4.69, 9.17) is 0 Å². The monoisotopic (exact) mass is 340 g/mol. The number of ketones is 1. The molecule has 0 radical (unpaired) electrons. The summed E-state index contributed by atoms with van der Waals surface area (Å²) in [5.74, 6) is 0.448. The fraction of sp³-hybridized carbons (Fsp3) is 0.316. The first kappa shape index (κ1) is 16.7. The lowest BCUT2D eigenvalue weighted by molar-refractivity contribution is -0.123. The first-order valence-electron chi connectivity index (χ1n) is 7.83. The summed E-state index contributed by atoms with van der Waals surface area (Å²) in [4.78, 5) is 29.4. The van der Waals surface area contributed by atoms with Crippen LogP contribution in [0.3, 0.4) is 0 Å². The molecule has 24 heavy (non-hydrogen) atoms. The van der Waals surface area contributed by atoms with E-state index < -0.39 is 0 Å². The number of hydrogen-bond donors (Lipinski definition) is 0. The smallest absolute Gasteiger partial charge is 0.261 e. The first-order valence-corrected chi connectivity index (χ1v) is 8.81. The third kappa shape index (κ3) is 3.08. The van der Waals surface area contributed by atoms with Crippen LogP contribution < -0.4 is 5.56 Å². The molecule has 3 aromatic rings. The van der Waals surface area contributed by atoms with Crippen LogP contribution in [-0.2, 0) is 11.8 Å². The van der Waals surface area contributed by atoms with Gasteiger partial charge in [0.25, 0.3) is 5.56 Å². The van der Waals surface area contributed by atoms with Gasteiger partial charge in [-0.15, -0.1) is 0 Å². The summed E-state index contributed by atoms with van der Waals surface area (Å²) in [6, 6.07) is 11.7. The van der Waals surface area contributed by atoms with E-state index in [1.807, 2.05) is 57.2 Å². The van der Waals surface area contributed by atoms with Crippen molar-refractivity contribution in [3.05, 3.63) is 46.8 Å². The van der Waals surface area contributed by atoms with E-state index >= 15 is 0 Å². The normalized spacial score (nSPS) is 12.0. The summed E-state index contributed by atoms with van der Waals surface area (Å²) in [6.07, 6.45) is 0. The summed E-state index contributed by atoms with van der Waals surface area (Å²) >= 11 is 1.32. The molecule has 124 valence electrons. The molecule has 0 aliphatic rings. The van der Waals surface area contributed by atoms with Crippen molar-refractivity contribution in [1.82, 2.24) is 9.55 Å². The molecule has 0 saturated heterocycles. The van der Waals surface area contributed by atoms with Crippen LogP contribution in [0.5, 0.6) is 0 Å². The van der Waals surface area contributed by atoms with Gasteiger partial charge in [0.2, 0.25) is 0 Å². The number of carbonyl (C=O) groups excluding carboxylic acids is 1. The van der Waals surface area contributed by atoms with E-state index in [0.717, 1.165) is 10.8 Å². The largest absolute Gasteiger partial charge is 0.298 e. The Morgan fingerprint density at radius 2 is 1.79 bits per heavy atom. The van der Waals surface area contributed by atoms with Gasteiger partial charge in [0, 0.05) is 12.5 Å². The predicted molar refractivity (Wildman–Crippen MR) is 99.7 cm³/mol. The second-order valence-corrected chi connectivity index (χ2v) is 7.88. The molecule has 0 amide bonds. The average molecular weight is 340 g/mol. The highest BCUT2D eigenvalue weighted by atomic mass is 32.2. The second kappa shape index (κ2) is 6.06. The summed E-state index contributed by atoms with van der Waals surface area (Å²) in [6.45, 7) is 5.69. The zero-order valence-electron chi connectivity index (χ0n) is 14.3. The number of rotatable bonds is 3. The minimum atomic E-state index is -0.390. The molecular formula is C19H20N2O2S. The maximum Gasteiger partial charge on any atom is 0.261 e. The van der Waals surface area contributed by atoms with Crippen LogP contribution in [0.1, 0.15) is 20.8 Å². The molecule has 0 spiro atoms. The highest BCUT2D eigenvalue weighted by molar-refractivity contribution is 7.99. The number of fused-ring (bicyclic) bond motifs is 2. The summed E-state index contributed by atoms with van der Waals surface area (Å²) in [5.41, 5.74) is 0.192. The maximum atomic E-state index is 12.7. The van der Waals surface area contributed by atoms with E-state index in [2.05, 4.69) is 4.98 Å². The van der Waals surface area contributed by atoms with Crippen LogP contribution >= 0.6 is 11.8 Å². The van der Waals surface area contributed by atoms with Crippen molar-refractivity contribution >= 4 is 39.2 Å². The molecule has 4 nitrogen and oxygen atoms in total. The highest BCUT2D eigenvalue weighted by Crippen LogP contribution is 2.24. The number of Topliss-reactive ketones (excluding diaryl/α,β-unsaturated/α-hetero) is 1. The maximum absolute atomic E-state index is 12.7. The van der Waals surface area contributed by atoms with Gasteiger partial charge in [0.1, 0.15) is 5.78 Å². The van der Waals surface area contributed by atoms with Gasteiger partial charge in [-0.2, -0.15) is 0 Å². The molecule has 1 heterocycles. The molecule has 0 bridgehead atoms. The summed E-state index contributed by atoms with van der Waals surface area (Å²) in [7, 11) is 1.70. The second-order valence-electron chi connectivity index (χ2n) is 6.94. The van der Waals surface area contributed by atoms with Crippen molar-refractivity contribution in [2.24, 2.45) is 12.5 Å². The van der Waals surface area contributed by atoms with Gasteiger partial charge in [-0.3, -0.25) is 14.2 Å². The Morgan fingerprint density at radius 1 is 1.17 bits per heavy atom. The molecule has 3 rings (SSSR count). The van der Waals surface area contributed by atoms with E-state index in [0.29, 0.717) is 21.8 Å². The molecule has 2 aromatic carbocycles. The Hall–Kier alpha value is -2.14. The number of hydrogen-bond acceptors (Lipinski definition) is 4. The van der Waals surface area contributed by atoms with Crippen molar-refractivity contribution in [1.29, 1.82) is 0 Å². The predicted octanol–water partition coefficient (Wildman–Crippen LogP) is 3.79. The van der Waals surface area contributed by atoms with Gasteiger partial charge in [-0.05, 0) is 22.9 Å². The third-order valence-electron chi connectivity index (χ3n) is 4.07. The minimum Gasteiger partial charge on any atom is -0.298 e. The SMILES string of the molecule is Cn1c(SCC(=O)C(C)(C)C)nc2cc3ccccc3cc2c1=O.